The molecule has 2 rings (SSSR count). The van der Waals surface area contributed by atoms with Crippen LogP contribution in [0.4, 0.5) is 4.39 Å². The van der Waals surface area contributed by atoms with Gasteiger partial charge in [0, 0.05) is 5.39 Å². The molecule has 1 nitrogen and oxygen atoms in total. The van der Waals surface area contributed by atoms with Crippen molar-refractivity contribution < 1.29 is 4.39 Å². The second kappa shape index (κ2) is 3.99. The molecule has 0 aliphatic rings. The van der Waals surface area contributed by atoms with Gasteiger partial charge in [-0.3, -0.25) is 0 Å². The maximum absolute atomic E-state index is 13.4. The highest BCUT2D eigenvalue weighted by atomic mass is 19.1. The predicted octanol–water partition coefficient (Wildman–Crippen LogP) is 3.04. The minimum atomic E-state index is -0.167. The topological polar surface area (TPSA) is 26.0 Å². The van der Waals surface area contributed by atoms with Gasteiger partial charge in [0.2, 0.25) is 0 Å². The minimum Gasteiger partial charge on any atom is -0.330 e. The second-order valence-electron chi connectivity index (χ2n) is 3.86. The number of rotatable bonds is 2. The van der Waals surface area contributed by atoms with E-state index >= 15 is 0 Å². The van der Waals surface area contributed by atoms with Gasteiger partial charge in [-0.05, 0) is 29.5 Å². The summed E-state index contributed by atoms with van der Waals surface area (Å²) in [7, 11) is 0. The summed E-state index contributed by atoms with van der Waals surface area (Å²) in [5, 5.41) is 1.61. The number of nitrogens with two attached hydrogens (primary N) is 1. The van der Waals surface area contributed by atoms with E-state index in [1.54, 1.807) is 6.07 Å². The summed E-state index contributed by atoms with van der Waals surface area (Å²) < 4.78 is 13.4. The van der Waals surface area contributed by atoms with Gasteiger partial charge in [-0.25, -0.2) is 4.39 Å². The van der Waals surface area contributed by atoms with Crippen molar-refractivity contribution >= 4 is 10.8 Å². The summed E-state index contributed by atoms with van der Waals surface area (Å²) in [6.45, 7) is 2.68. The van der Waals surface area contributed by atoms with Crippen LogP contribution < -0.4 is 5.73 Å². The molecule has 0 saturated carbocycles. The number of halogens is 1. The number of benzene rings is 2. The first-order valence-electron chi connectivity index (χ1n) is 5.10. The molecule has 15 heavy (non-hydrogen) atoms. The number of hydrogen-bond acceptors (Lipinski definition) is 1. The normalized spacial score (nSPS) is 13.0. The summed E-state index contributed by atoms with van der Waals surface area (Å²) in [6, 6.07) is 10.9. The third kappa shape index (κ3) is 1.85. The molecule has 0 aliphatic heterocycles. The Hall–Kier alpha value is -1.41. The van der Waals surface area contributed by atoms with Crippen LogP contribution in [0.15, 0.2) is 36.4 Å². The molecule has 0 bridgehead atoms. The Kier molecular flexibility index (Phi) is 2.69. The Morgan fingerprint density at radius 3 is 2.80 bits per heavy atom. The average molecular weight is 203 g/mol. The molecule has 78 valence electrons. The lowest BCUT2D eigenvalue weighted by Gasteiger charge is -2.10. The van der Waals surface area contributed by atoms with Crippen LogP contribution in [0.3, 0.4) is 0 Å². The van der Waals surface area contributed by atoms with Gasteiger partial charge in [0.1, 0.15) is 5.82 Å². The molecule has 2 aromatic rings. The van der Waals surface area contributed by atoms with Crippen molar-refractivity contribution in [3.8, 4) is 0 Å². The lowest BCUT2D eigenvalue weighted by Crippen LogP contribution is -2.08. The first-order valence-corrected chi connectivity index (χ1v) is 5.10. The van der Waals surface area contributed by atoms with E-state index in [0.29, 0.717) is 17.8 Å². The van der Waals surface area contributed by atoms with E-state index in [1.165, 1.54) is 6.07 Å². The van der Waals surface area contributed by atoms with Crippen molar-refractivity contribution in [3.63, 3.8) is 0 Å². The Bertz CT molecular complexity index is 479. The fourth-order valence-electron chi connectivity index (χ4n) is 1.71. The van der Waals surface area contributed by atoms with Crippen molar-refractivity contribution in [2.45, 2.75) is 12.8 Å². The maximum atomic E-state index is 13.4. The highest BCUT2D eigenvalue weighted by molar-refractivity contribution is 5.83. The number of fused-ring (bicyclic) bond motifs is 1. The molecule has 0 fully saturated rings. The Morgan fingerprint density at radius 2 is 2.07 bits per heavy atom. The van der Waals surface area contributed by atoms with Crippen LogP contribution in [0.5, 0.6) is 0 Å². The minimum absolute atomic E-state index is 0.167. The zero-order valence-electron chi connectivity index (χ0n) is 8.70. The standard InChI is InChI=1S/C13H14FN/c1-9(8-15)10-5-6-12-11(7-10)3-2-4-13(12)14/h2-7,9H,8,15H2,1H3. The van der Waals surface area contributed by atoms with Crippen molar-refractivity contribution in [1.29, 1.82) is 0 Å². The SMILES string of the molecule is CC(CN)c1ccc2c(F)cccc2c1. The molecule has 0 saturated heterocycles. The fraction of sp³-hybridized carbons (Fsp3) is 0.231. The van der Waals surface area contributed by atoms with E-state index in [-0.39, 0.29) is 5.82 Å². The molecule has 0 radical (unpaired) electrons. The first-order chi connectivity index (χ1) is 7.22. The van der Waals surface area contributed by atoms with Gasteiger partial charge in [-0.2, -0.15) is 0 Å². The third-order valence-corrected chi connectivity index (χ3v) is 2.77. The van der Waals surface area contributed by atoms with Gasteiger partial charge in [0.15, 0.2) is 0 Å². The molecule has 2 heteroatoms. The molecule has 0 spiro atoms. The summed E-state index contributed by atoms with van der Waals surface area (Å²) in [6.07, 6.45) is 0. The molecule has 0 heterocycles. The van der Waals surface area contributed by atoms with Crippen LogP contribution in [0.2, 0.25) is 0 Å². The first kappa shape index (κ1) is 10.1. The Labute approximate surface area is 88.7 Å². The van der Waals surface area contributed by atoms with Gasteiger partial charge in [-0.1, -0.05) is 37.3 Å². The summed E-state index contributed by atoms with van der Waals surface area (Å²) in [4.78, 5) is 0. The zero-order chi connectivity index (χ0) is 10.8. The quantitative estimate of drug-likeness (QED) is 0.797. The van der Waals surface area contributed by atoms with Crippen molar-refractivity contribution in [1.82, 2.24) is 0 Å². The van der Waals surface area contributed by atoms with E-state index in [0.717, 1.165) is 10.9 Å². The highest BCUT2D eigenvalue weighted by Gasteiger charge is 2.05. The lowest BCUT2D eigenvalue weighted by atomic mass is 9.98. The Morgan fingerprint density at radius 1 is 1.27 bits per heavy atom. The summed E-state index contributed by atoms with van der Waals surface area (Å²) in [5.41, 5.74) is 6.77. The molecule has 0 aliphatic carbocycles. The van der Waals surface area contributed by atoms with Crippen LogP contribution in [0.1, 0.15) is 18.4 Å². The Balaban J connectivity index is 2.57. The average Bonchev–Trinajstić information content (AvgIpc) is 2.28. The molecule has 1 atom stereocenters. The highest BCUT2D eigenvalue weighted by Crippen LogP contribution is 2.22. The van der Waals surface area contributed by atoms with Crippen LogP contribution in [-0.4, -0.2) is 6.54 Å². The van der Waals surface area contributed by atoms with E-state index in [9.17, 15) is 4.39 Å². The third-order valence-electron chi connectivity index (χ3n) is 2.77. The predicted molar refractivity (Wildman–Crippen MR) is 61.4 cm³/mol. The molecule has 2 aromatic carbocycles. The largest absolute Gasteiger partial charge is 0.330 e. The molecular weight excluding hydrogens is 189 g/mol. The lowest BCUT2D eigenvalue weighted by molar-refractivity contribution is 0.640. The molecule has 1 unspecified atom stereocenters. The van der Waals surface area contributed by atoms with E-state index in [2.05, 4.69) is 6.92 Å². The molecule has 0 amide bonds. The van der Waals surface area contributed by atoms with Gasteiger partial charge in [0.05, 0.1) is 0 Å². The number of hydrogen-bond donors (Lipinski definition) is 1. The second-order valence-corrected chi connectivity index (χ2v) is 3.86. The van der Waals surface area contributed by atoms with Crippen molar-refractivity contribution in [2.24, 2.45) is 5.73 Å². The van der Waals surface area contributed by atoms with Gasteiger partial charge in [-0.15, -0.1) is 0 Å². The van der Waals surface area contributed by atoms with Crippen LogP contribution in [0.25, 0.3) is 10.8 Å². The van der Waals surface area contributed by atoms with E-state index in [4.69, 9.17) is 5.73 Å². The van der Waals surface area contributed by atoms with E-state index in [1.807, 2.05) is 24.3 Å². The van der Waals surface area contributed by atoms with Gasteiger partial charge in [0.25, 0.3) is 0 Å². The monoisotopic (exact) mass is 203 g/mol. The van der Waals surface area contributed by atoms with Crippen LogP contribution >= 0.6 is 0 Å². The van der Waals surface area contributed by atoms with Crippen LogP contribution in [-0.2, 0) is 0 Å². The van der Waals surface area contributed by atoms with Gasteiger partial charge < -0.3 is 5.73 Å². The van der Waals surface area contributed by atoms with Crippen LogP contribution in [0, 0.1) is 5.82 Å². The van der Waals surface area contributed by atoms with Crippen molar-refractivity contribution in [2.75, 3.05) is 6.54 Å². The molecule has 2 N–H and O–H groups in total. The zero-order valence-corrected chi connectivity index (χ0v) is 8.70. The van der Waals surface area contributed by atoms with Crippen molar-refractivity contribution in [3.05, 3.63) is 47.8 Å². The molecule has 0 aromatic heterocycles. The molecular formula is C13H14FN. The fourth-order valence-corrected chi connectivity index (χ4v) is 1.71. The van der Waals surface area contributed by atoms with Gasteiger partial charge >= 0.3 is 0 Å². The van der Waals surface area contributed by atoms with E-state index < -0.39 is 0 Å². The summed E-state index contributed by atoms with van der Waals surface area (Å²) >= 11 is 0. The summed E-state index contributed by atoms with van der Waals surface area (Å²) in [5.74, 6) is 0.150. The smallest absolute Gasteiger partial charge is 0.131 e. The maximum Gasteiger partial charge on any atom is 0.131 e.